The molecule has 1 fully saturated rings. The number of carbonyl (C=O) groups is 3. The van der Waals surface area contributed by atoms with E-state index in [0.717, 1.165) is 4.90 Å². The highest BCUT2D eigenvalue weighted by atomic mass is 79.9. The molecule has 0 radical (unpaired) electrons. The molecule has 7 nitrogen and oxygen atoms in total. The van der Waals surface area contributed by atoms with Crippen LogP contribution >= 0.6 is 28.1 Å². The number of carboxylic acid groups (broad SMARTS) is 1. The highest BCUT2D eigenvalue weighted by Crippen LogP contribution is 2.29. The van der Waals surface area contributed by atoms with Gasteiger partial charge in [-0.1, -0.05) is 34.1 Å². The third-order valence-corrected chi connectivity index (χ3v) is 5.79. The summed E-state index contributed by atoms with van der Waals surface area (Å²) in [7, 11) is 0. The first-order valence-electron chi connectivity index (χ1n) is 10.1. The predicted molar refractivity (Wildman–Crippen MR) is 134 cm³/mol. The Bertz CT molecular complexity index is 1410. The number of hydrogen-bond donors (Lipinski definition) is 2. The SMILES string of the molecule is O=C1NC(=S)N(c2cccc(C(=O)O)c2)C(=O)C1=Cc1cc(Br)ccc1OCc1cccc(F)c1. The van der Waals surface area contributed by atoms with E-state index in [9.17, 15) is 23.9 Å². The number of nitrogens with zero attached hydrogens (tertiary/aromatic N) is 1. The lowest BCUT2D eigenvalue weighted by molar-refractivity contribution is -0.122. The first kappa shape index (κ1) is 24.2. The number of nitrogens with one attached hydrogen (secondary N) is 1. The molecule has 35 heavy (non-hydrogen) atoms. The van der Waals surface area contributed by atoms with Crippen LogP contribution in [0.25, 0.3) is 6.08 Å². The van der Waals surface area contributed by atoms with Crippen LogP contribution in [-0.4, -0.2) is 28.0 Å². The molecular weight excluding hydrogens is 539 g/mol. The maximum absolute atomic E-state index is 13.5. The fourth-order valence-electron chi connectivity index (χ4n) is 3.38. The van der Waals surface area contributed by atoms with Crippen LogP contribution in [0, 0.1) is 5.82 Å². The van der Waals surface area contributed by atoms with Crippen molar-refractivity contribution < 1.29 is 28.6 Å². The lowest BCUT2D eigenvalue weighted by Crippen LogP contribution is -2.54. The molecule has 4 rings (SSSR count). The van der Waals surface area contributed by atoms with Gasteiger partial charge in [0.2, 0.25) is 0 Å². The van der Waals surface area contributed by atoms with E-state index >= 15 is 0 Å². The van der Waals surface area contributed by atoms with Gasteiger partial charge in [-0.3, -0.25) is 19.8 Å². The zero-order valence-corrected chi connectivity index (χ0v) is 20.2. The summed E-state index contributed by atoms with van der Waals surface area (Å²) < 4.78 is 20.0. The molecule has 3 aromatic carbocycles. The van der Waals surface area contributed by atoms with Gasteiger partial charge in [0.15, 0.2) is 5.11 Å². The van der Waals surface area contributed by atoms with Crippen LogP contribution in [0.5, 0.6) is 5.75 Å². The summed E-state index contributed by atoms with van der Waals surface area (Å²) in [4.78, 5) is 38.4. The van der Waals surface area contributed by atoms with E-state index in [1.807, 2.05) is 0 Å². The lowest BCUT2D eigenvalue weighted by Gasteiger charge is -2.29. The third-order valence-electron chi connectivity index (χ3n) is 5.01. The van der Waals surface area contributed by atoms with Gasteiger partial charge in [-0.2, -0.15) is 0 Å². The number of amides is 2. The van der Waals surface area contributed by atoms with Crippen LogP contribution in [0.15, 0.2) is 76.8 Å². The highest BCUT2D eigenvalue weighted by molar-refractivity contribution is 9.10. The normalized spacial score (nSPS) is 14.7. The minimum atomic E-state index is -1.17. The van der Waals surface area contributed by atoms with Crippen molar-refractivity contribution in [2.45, 2.75) is 6.61 Å². The van der Waals surface area contributed by atoms with Gasteiger partial charge in [-0.25, -0.2) is 9.18 Å². The zero-order valence-electron chi connectivity index (χ0n) is 17.8. The molecule has 0 unspecified atom stereocenters. The summed E-state index contributed by atoms with van der Waals surface area (Å²) in [5.74, 6) is -2.63. The standard InChI is InChI=1S/C25H16BrFN2O5S/c26-17-7-8-21(34-13-14-3-1-5-18(27)9-14)16(10-17)12-20-22(30)28-25(35)29(23(20)31)19-6-2-4-15(11-19)24(32)33/h1-12H,13H2,(H,32,33)(H,28,30,35). The summed E-state index contributed by atoms with van der Waals surface area (Å²) in [5.41, 5.74) is 0.949. The second-order valence-corrected chi connectivity index (χ2v) is 8.72. The largest absolute Gasteiger partial charge is 0.488 e. The van der Waals surface area contributed by atoms with Gasteiger partial charge < -0.3 is 9.84 Å². The topological polar surface area (TPSA) is 95.9 Å². The minimum Gasteiger partial charge on any atom is -0.488 e. The van der Waals surface area contributed by atoms with Gasteiger partial charge in [0.05, 0.1) is 11.3 Å². The van der Waals surface area contributed by atoms with Crippen LogP contribution in [-0.2, 0) is 16.2 Å². The van der Waals surface area contributed by atoms with Gasteiger partial charge in [0, 0.05) is 10.0 Å². The number of ether oxygens (including phenoxy) is 1. The number of halogens is 2. The third kappa shape index (κ3) is 5.44. The van der Waals surface area contributed by atoms with E-state index in [-0.39, 0.29) is 28.5 Å². The van der Waals surface area contributed by atoms with E-state index in [4.69, 9.17) is 17.0 Å². The maximum Gasteiger partial charge on any atom is 0.335 e. The van der Waals surface area contributed by atoms with Gasteiger partial charge in [-0.15, -0.1) is 0 Å². The van der Waals surface area contributed by atoms with E-state index in [0.29, 0.717) is 21.3 Å². The monoisotopic (exact) mass is 554 g/mol. The van der Waals surface area contributed by atoms with Crippen molar-refractivity contribution in [2.75, 3.05) is 4.90 Å². The molecule has 0 aliphatic carbocycles. The van der Waals surface area contributed by atoms with Crippen LogP contribution in [0.3, 0.4) is 0 Å². The molecule has 2 amide bonds. The van der Waals surface area contributed by atoms with Crippen molar-refractivity contribution in [1.82, 2.24) is 5.32 Å². The van der Waals surface area contributed by atoms with Crippen molar-refractivity contribution in [2.24, 2.45) is 0 Å². The summed E-state index contributed by atoms with van der Waals surface area (Å²) >= 11 is 8.55. The maximum atomic E-state index is 13.5. The molecule has 176 valence electrons. The van der Waals surface area contributed by atoms with Crippen molar-refractivity contribution >= 4 is 62.8 Å². The number of carbonyl (C=O) groups excluding carboxylic acids is 2. The van der Waals surface area contributed by atoms with Crippen molar-refractivity contribution in [1.29, 1.82) is 0 Å². The number of anilines is 1. The molecule has 1 aliphatic rings. The number of carboxylic acids is 1. The van der Waals surface area contributed by atoms with Crippen molar-refractivity contribution in [3.8, 4) is 5.75 Å². The second-order valence-electron chi connectivity index (χ2n) is 7.41. The van der Waals surface area contributed by atoms with Crippen molar-refractivity contribution in [3.05, 3.63) is 99.3 Å². The van der Waals surface area contributed by atoms with Crippen molar-refractivity contribution in [3.63, 3.8) is 0 Å². The molecule has 0 saturated carbocycles. The number of thiocarbonyl (C=S) groups is 1. The Hall–Kier alpha value is -3.89. The molecule has 0 atom stereocenters. The van der Waals surface area contributed by atoms with E-state index in [1.165, 1.54) is 42.5 Å². The Balaban J connectivity index is 1.68. The smallest absolute Gasteiger partial charge is 0.335 e. The Morgan fingerprint density at radius 2 is 1.89 bits per heavy atom. The molecule has 1 saturated heterocycles. The molecule has 1 heterocycles. The highest BCUT2D eigenvalue weighted by Gasteiger charge is 2.35. The zero-order chi connectivity index (χ0) is 25.1. The molecule has 3 aromatic rings. The fraction of sp³-hybridized carbons (Fsp3) is 0.0400. The van der Waals surface area contributed by atoms with Crippen LogP contribution in [0.4, 0.5) is 10.1 Å². The van der Waals surface area contributed by atoms with Crippen LogP contribution in [0.1, 0.15) is 21.5 Å². The van der Waals surface area contributed by atoms with Crippen LogP contribution in [0.2, 0.25) is 0 Å². The van der Waals surface area contributed by atoms with Crippen LogP contribution < -0.4 is 15.0 Å². The van der Waals surface area contributed by atoms with E-state index < -0.39 is 23.6 Å². The summed E-state index contributed by atoms with van der Waals surface area (Å²) in [6, 6.07) is 16.6. The van der Waals surface area contributed by atoms with Gasteiger partial charge in [0.25, 0.3) is 11.8 Å². The molecular formula is C25H16BrFN2O5S. The molecule has 2 N–H and O–H groups in total. The van der Waals surface area contributed by atoms with E-state index in [2.05, 4.69) is 21.2 Å². The first-order chi connectivity index (χ1) is 16.7. The Labute approximate surface area is 212 Å². The lowest BCUT2D eigenvalue weighted by atomic mass is 10.1. The number of hydrogen-bond acceptors (Lipinski definition) is 5. The molecule has 10 heteroatoms. The number of aromatic carboxylic acids is 1. The van der Waals surface area contributed by atoms with Gasteiger partial charge in [0.1, 0.15) is 23.7 Å². The summed E-state index contributed by atoms with van der Waals surface area (Å²) in [6.07, 6.45) is 1.36. The van der Waals surface area contributed by atoms with Gasteiger partial charge >= 0.3 is 5.97 Å². The quantitative estimate of drug-likeness (QED) is 0.260. The average molecular weight is 555 g/mol. The summed E-state index contributed by atoms with van der Waals surface area (Å²) in [5, 5.41) is 11.6. The van der Waals surface area contributed by atoms with Gasteiger partial charge in [-0.05, 0) is 72.4 Å². The fourth-order valence-corrected chi connectivity index (χ4v) is 4.04. The molecule has 0 spiro atoms. The second kappa shape index (κ2) is 10.2. The summed E-state index contributed by atoms with van der Waals surface area (Å²) in [6.45, 7) is 0.0634. The Morgan fingerprint density at radius 3 is 2.63 bits per heavy atom. The number of rotatable bonds is 6. The van der Waals surface area contributed by atoms with E-state index in [1.54, 1.807) is 30.3 Å². The molecule has 0 aromatic heterocycles. The minimum absolute atomic E-state index is 0.0412. The molecule has 1 aliphatic heterocycles. The number of benzene rings is 3. The average Bonchev–Trinajstić information content (AvgIpc) is 2.81. The molecule has 0 bridgehead atoms. The predicted octanol–water partition coefficient (Wildman–Crippen LogP) is 4.70. The first-order valence-corrected chi connectivity index (χ1v) is 11.3. The Kier molecular flexibility index (Phi) is 7.04. The Morgan fingerprint density at radius 1 is 1.11 bits per heavy atom.